The Bertz CT molecular complexity index is 467. The molecule has 2 rings (SSSR count). The molecule has 72 valence electrons. The molecule has 0 bridgehead atoms. The van der Waals surface area contributed by atoms with Gasteiger partial charge in [0.2, 0.25) is 0 Å². The highest BCUT2D eigenvalue weighted by molar-refractivity contribution is 9.08. The molecular weight excluding hydrogens is 236 g/mol. The molecule has 0 amide bonds. The van der Waals surface area contributed by atoms with Crippen LogP contribution in [0.3, 0.4) is 0 Å². The summed E-state index contributed by atoms with van der Waals surface area (Å²) < 4.78 is 0. The lowest BCUT2D eigenvalue weighted by molar-refractivity contribution is 1.40. The average Bonchev–Trinajstić information content (AvgIpc) is 2.15. The van der Waals surface area contributed by atoms with Crippen molar-refractivity contribution in [2.24, 2.45) is 0 Å². The molecule has 0 aliphatic heterocycles. The molecule has 0 fully saturated rings. The summed E-state index contributed by atoms with van der Waals surface area (Å²) in [4.78, 5) is 0. The maximum absolute atomic E-state index is 3.53. The van der Waals surface area contributed by atoms with Gasteiger partial charge in [0, 0.05) is 5.33 Å². The van der Waals surface area contributed by atoms with Crippen LogP contribution in [-0.2, 0) is 5.33 Å². The first kappa shape index (κ1) is 9.72. The third-order valence-corrected chi connectivity index (χ3v) is 3.09. The molecule has 0 unspecified atom stereocenters. The Morgan fingerprint density at radius 1 is 1.00 bits per heavy atom. The summed E-state index contributed by atoms with van der Waals surface area (Å²) >= 11 is 3.53. The predicted octanol–water partition coefficient (Wildman–Crippen LogP) is 4.35. The van der Waals surface area contributed by atoms with E-state index in [1.165, 1.54) is 27.5 Å². The van der Waals surface area contributed by atoms with Gasteiger partial charge in [-0.1, -0.05) is 57.4 Å². The number of hydrogen-bond donors (Lipinski definition) is 0. The third-order valence-electron chi connectivity index (χ3n) is 2.48. The molecule has 0 saturated heterocycles. The number of hydrogen-bond acceptors (Lipinski definition) is 0. The average molecular weight is 249 g/mol. The summed E-state index contributed by atoms with van der Waals surface area (Å²) in [5, 5.41) is 3.63. The molecular formula is C13H13Br. The lowest BCUT2D eigenvalue weighted by Gasteiger charge is -2.06. The lowest BCUT2D eigenvalue weighted by Crippen LogP contribution is -1.85. The molecule has 0 spiro atoms. The van der Waals surface area contributed by atoms with Gasteiger partial charge >= 0.3 is 0 Å². The molecule has 0 aromatic heterocycles. The summed E-state index contributed by atoms with van der Waals surface area (Å²) in [5.41, 5.74) is 4.03. The topological polar surface area (TPSA) is 0 Å². The lowest BCUT2D eigenvalue weighted by atomic mass is 10.0. The second kappa shape index (κ2) is 3.74. The number of fused-ring (bicyclic) bond motifs is 1. The van der Waals surface area contributed by atoms with E-state index in [4.69, 9.17) is 0 Å². The summed E-state index contributed by atoms with van der Waals surface area (Å²) in [6, 6.07) is 11.1. The fourth-order valence-corrected chi connectivity index (χ4v) is 2.31. The molecule has 2 aromatic rings. The normalized spacial score (nSPS) is 10.8. The van der Waals surface area contributed by atoms with Crippen molar-refractivity contribution in [3.63, 3.8) is 0 Å². The highest BCUT2D eigenvalue weighted by Gasteiger charge is 2.01. The highest BCUT2D eigenvalue weighted by Crippen LogP contribution is 2.23. The number of halogens is 1. The van der Waals surface area contributed by atoms with Gasteiger partial charge in [-0.25, -0.2) is 0 Å². The molecule has 0 nitrogen and oxygen atoms in total. The molecule has 1 heteroatoms. The van der Waals surface area contributed by atoms with Crippen LogP contribution in [0.15, 0.2) is 30.3 Å². The smallest absolute Gasteiger partial charge is 0.0289 e. The zero-order valence-electron chi connectivity index (χ0n) is 8.47. The highest BCUT2D eigenvalue weighted by atomic mass is 79.9. The zero-order valence-corrected chi connectivity index (χ0v) is 10.1. The number of rotatable bonds is 1. The van der Waals surface area contributed by atoms with Gasteiger partial charge in [-0.2, -0.15) is 0 Å². The van der Waals surface area contributed by atoms with Crippen LogP contribution in [0.2, 0.25) is 0 Å². The third kappa shape index (κ3) is 1.69. The molecule has 0 aliphatic rings. The second-order valence-electron chi connectivity index (χ2n) is 3.78. The molecule has 0 atom stereocenters. The predicted molar refractivity (Wildman–Crippen MR) is 66.1 cm³/mol. The fraction of sp³-hybridized carbons (Fsp3) is 0.231. The van der Waals surface area contributed by atoms with Gasteiger partial charge < -0.3 is 0 Å². The van der Waals surface area contributed by atoms with E-state index in [-0.39, 0.29) is 0 Å². The van der Waals surface area contributed by atoms with E-state index in [1.54, 1.807) is 0 Å². The van der Waals surface area contributed by atoms with Crippen molar-refractivity contribution >= 4 is 26.7 Å². The summed E-state index contributed by atoms with van der Waals surface area (Å²) in [6.45, 7) is 4.28. The van der Waals surface area contributed by atoms with Gasteiger partial charge in [0.1, 0.15) is 0 Å². The van der Waals surface area contributed by atoms with Crippen LogP contribution in [0.1, 0.15) is 16.7 Å². The monoisotopic (exact) mass is 248 g/mol. The van der Waals surface area contributed by atoms with Crippen molar-refractivity contribution in [3.05, 3.63) is 47.0 Å². The van der Waals surface area contributed by atoms with E-state index in [9.17, 15) is 0 Å². The van der Waals surface area contributed by atoms with Crippen LogP contribution in [0.4, 0.5) is 0 Å². The Morgan fingerprint density at radius 2 is 1.71 bits per heavy atom. The van der Waals surface area contributed by atoms with Crippen LogP contribution in [0.25, 0.3) is 10.8 Å². The van der Waals surface area contributed by atoms with E-state index in [0.717, 1.165) is 5.33 Å². The molecule has 0 saturated carbocycles. The maximum Gasteiger partial charge on any atom is 0.0289 e. The van der Waals surface area contributed by atoms with Crippen molar-refractivity contribution in [3.8, 4) is 0 Å². The standard InChI is InChI=1S/C13H13Br/c1-9-3-4-13-11(5-9)6-10(2)7-12(13)8-14/h3-7H,8H2,1-2H3. The van der Waals surface area contributed by atoms with E-state index in [0.29, 0.717) is 0 Å². The molecule has 0 heterocycles. The van der Waals surface area contributed by atoms with Gasteiger partial charge in [-0.3, -0.25) is 0 Å². The Balaban J connectivity index is 2.81. The number of alkyl halides is 1. The van der Waals surface area contributed by atoms with Gasteiger partial charge in [0.15, 0.2) is 0 Å². The van der Waals surface area contributed by atoms with Crippen molar-refractivity contribution in [2.45, 2.75) is 19.2 Å². The van der Waals surface area contributed by atoms with Crippen molar-refractivity contribution in [2.75, 3.05) is 0 Å². The Labute approximate surface area is 93.1 Å². The first-order valence-electron chi connectivity index (χ1n) is 4.76. The fourth-order valence-electron chi connectivity index (χ4n) is 1.84. The van der Waals surface area contributed by atoms with Gasteiger partial charge in [0.05, 0.1) is 0 Å². The molecule has 0 N–H and O–H groups in total. The van der Waals surface area contributed by atoms with E-state index >= 15 is 0 Å². The van der Waals surface area contributed by atoms with Crippen LogP contribution in [-0.4, -0.2) is 0 Å². The summed E-state index contributed by atoms with van der Waals surface area (Å²) in [6.07, 6.45) is 0. The quantitative estimate of drug-likeness (QED) is 0.659. The SMILES string of the molecule is Cc1ccc2c(CBr)cc(C)cc2c1. The molecule has 2 aromatic carbocycles. The van der Waals surface area contributed by atoms with Crippen LogP contribution in [0.5, 0.6) is 0 Å². The number of aryl methyl sites for hydroxylation is 2. The van der Waals surface area contributed by atoms with Crippen molar-refractivity contribution in [1.29, 1.82) is 0 Å². The first-order chi connectivity index (χ1) is 6.70. The van der Waals surface area contributed by atoms with E-state index in [1.807, 2.05) is 0 Å². The van der Waals surface area contributed by atoms with Crippen molar-refractivity contribution in [1.82, 2.24) is 0 Å². The molecule has 0 radical (unpaired) electrons. The molecule has 14 heavy (non-hydrogen) atoms. The Kier molecular flexibility index (Phi) is 2.60. The van der Waals surface area contributed by atoms with Gasteiger partial charge in [0.25, 0.3) is 0 Å². The van der Waals surface area contributed by atoms with E-state index < -0.39 is 0 Å². The van der Waals surface area contributed by atoms with E-state index in [2.05, 4.69) is 60.1 Å². The minimum absolute atomic E-state index is 0.925. The Morgan fingerprint density at radius 3 is 2.43 bits per heavy atom. The largest absolute Gasteiger partial charge is 0.0876 e. The molecule has 0 aliphatic carbocycles. The maximum atomic E-state index is 3.53. The number of benzene rings is 2. The second-order valence-corrected chi connectivity index (χ2v) is 4.34. The minimum atomic E-state index is 0.925. The zero-order chi connectivity index (χ0) is 10.1. The first-order valence-corrected chi connectivity index (χ1v) is 5.89. The van der Waals surface area contributed by atoms with Crippen LogP contribution < -0.4 is 0 Å². The van der Waals surface area contributed by atoms with Crippen LogP contribution in [0, 0.1) is 13.8 Å². The Hall–Kier alpha value is -0.820. The summed E-state index contributed by atoms with van der Waals surface area (Å²) in [7, 11) is 0. The minimum Gasteiger partial charge on any atom is -0.0876 e. The van der Waals surface area contributed by atoms with Crippen molar-refractivity contribution < 1.29 is 0 Å². The van der Waals surface area contributed by atoms with Crippen LogP contribution >= 0.6 is 15.9 Å². The van der Waals surface area contributed by atoms with Gasteiger partial charge in [-0.15, -0.1) is 0 Å². The van der Waals surface area contributed by atoms with Gasteiger partial charge in [-0.05, 0) is 30.2 Å². The summed E-state index contributed by atoms with van der Waals surface area (Å²) in [5.74, 6) is 0.